The molecule has 0 amide bonds. The maximum absolute atomic E-state index is 13.5. The summed E-state index contributed by atoms with van der Waals surface area (Å²) in [7, 11) is 0. The fourth-order valence-electron chi connectivity index (χ4n) is 4.74. The van der Waals surface area contributed by atoms with Crippen LogP contribution >= 0.6 is 0 Å². The molecule has 1 unspecified atom stereocenters. The van der Waals surface area contributed by atoms with Crippen molar-refractivity contribution in [1.82, 2.24) is 24.7 Å². The van der Waals surface area contributed by atoms with Crippen LogP contribution in [0.15, 0.2) is 58.2 Å². The van der Waals surface area contributed by atoms with Crippen LogP contribution in [0, 0.1) is 23.6 Å². The van der Waals surface area contributed by atoms with Gasteiger partial charge in [0.05, 0.1) is 5.39 Å². The minimum absolute atomic E-state index is 0.175. The molecule has 1 saturated carbocycles. The number of nitrogens with zero attached hydrogens (tertiary/aromatic N) is 6. The molecule has 1 aliphatic carbocycles. The maximum Gasteiger partial charge on any atom is 0.263 e. The molecule has 31 heavy (non-hydrogen) atoms. The molecule has 2 fully saturated rings. The van der Waals surface area contributed by atoms with Crippen molar-refractivity contribution in [1.29, 1.82) is 0 Å². The van der Waals surface area contributed by atoms with Crippen LogP contribution < -0.4 is 10.5 Å². The average Bonchev–Trinajstić information content (AvgIpc) is 3.13. The van der Waals surface area contributed by atoms with E-state index in [9.17, 15) is 9.18 Å². The van der Waals surface area contributed by atoms with E-state index in [0.29, 0.717) is 40.5 Å². The fourth-order valence-corrected chi connectivity index (χ4v) is 4.74. The van der Waals surface area contributed by atoms with Gasteiger partial charge in [-0.3, -0.25) is 9.36 Å². The minimum Gasteiger partial charge on any atom is -0.371 e. The highest BCUT2D eigenvalue weighted by Gasteiger charge is 2.55. The van der Waals surface area contributed by atoms with Gasteiger partial charge in [-0.05, 0) is 48.1 Å². The largest absolute Gasteiger partial charge is 0.371 e. The number of halogens is 1. The van der Waals surface area contributed by atoms with Crippen LogP contribution in [0.2, 0.25) is 0 Å². The number of fused-ring (bicyclic) bond motifs is 2. The zero-order valence-electron chi connectivity index (χ0n) is 16.6. The normalized spacial score (nSPS) is 22.1. The molecule has 6 rings (SSSR count). The summed E-state index contributed by atoms with van der Waals surface area (Å²) in [6, 6.07) is 10.2. The molecule has 3 aromatic heterocycles. The summed E-state index contributed by atoms with van der Waals surface area (Å²) in [5.74, 6) is 2.51. The Morgan fingerprint density at radius 1 is 1.13 bits per heavy atom. The first-order chi connectivity index (χ1) is 15.2. The molecule has 0 radical (unpaired) electrons. The molecule has 1 aromatic carbocycles. The Hall–Kier alpha value is -3.62. The first-order valence-corrected chi connectivity index (χ1v) is 10.3. The Kier molecular flexibility index (Phi) is 4.09. The first kappa shape index (κ1) is 18.2. The van der Waals surface area contributed by atoms with Gasteiger partial charge in [0, 0.05) is 31.4 Å². The lowest BCUT2D eigenvalue weighted by Crippen LogP contribution is -2.24. The average molecular weight is 418 g/mol. The summed E-state index contributed by atoms with van der Waals surface area (Å²) in [5, 5.41) is 4.56. The van der Waals surface area contributed by atoms with E-state index in [2.05, 4.69) is 25.0 Å². The first-order valence-electron chi connectivity index (χ1n) is 10.3. The summed E-state index contributed by atoms with van der Waals surface area (Å²) in [5.41, 5.74) is 1.17. The Morgan fingerprint density at radius 3 is 2.84 bits per heavy atom. The second kappa shape index (κ2) is 6.97. The third kappa shape index (κ3) is 3.26. The second-order valence-corrected chi connectivity index (χ2v) is 8.24. The molecule has 2 aliphatic rings. The van der Waals surface area contributed by atoms with E-state index < -0.39 is 0 Å². The van der Waals surface area contributed by atoms with Crippen LogP contribution in [0.5, 0.6) is 0 Å². The van der Waals surface area contributed by atoms with E-state index in [1.54, 1.807) is 30.5 Å². The van der Waals surface area contributed by atoms with E-state index in [1.807, 2.05) is 6.07 Å². The monoisotopic (exact) mass is 418 g/mol. The van der Waals surface area contributed by atoms with E-state index in [4.69, 9.17) is 4.52 Å². The van der Waals surface area contributed by atoms with Gasteiger partial charge in [-0.2, -0.15) is 4.98 Å². The summed E-state index contributed by atoms with van der Waals surface area (Å²) >= 11 is 0. The number of hydrogen-bond acceptors (Lipinski definition) is 7. The van der Waals surface area contributed by atoms with Crippen LogP contribution in [-0.4, -0.2) is 37.8 Å². The van der Waals surface area contributed by atoms with Crippen LogP contribution in [0.1, 0.15) is 11.7 Å². The molecule has 0 N–H and O–H groups in total. The van der Waals surface area contributed by atoms with Crippen LogP contribution in [0.3, 0.4) is 0 Å². The lowest BCUT2D eigenvalue weighted by molar-refractivity contribution is 0.363. The van der Waals surface area contributed by atoms with Crippen molar-refractivity contribution in [2.75, 3.05) is 18.0 Å². The summed E-state index contributed by atoms with van der Waals surface area (Å²) in [6.45, 7) is 2.03. The van der Waals surface area contributed by atoms with Gasteiger partial charge in [0.25, 0.3) is 5.56 Å². The summed E-state index contributed by atoms with van der Waals surface area (Å²) < 4.78 is 20.3. The van der Waals surface area contributed by atoms with Gasteiger partial charge in [-0.15, -0.1) is 0 Å². The zero-order valence-corrected chi connectivity index (χ0v) is 16.6. The Morgan fingerprint density at radius 2 is 2.00 bits per heavy atom. The Labute approximate surface area is 176 Å². The lowest BCUT2D eigenvalue weighted by atomic mass is 10.1. The standard InChI is InChI=1S/C22H19FN6O2/c23-13-3-1-4-14(7-13)28-9-17-16(18(17)10-28)8-19-26-20(31-27-19)11-29-12-25-21-15(22(29)30)5-2-6-24-21/h1-7,12,16-18H,8-11H2/t16?,17-,18+. The number of rotatable bonds is 5. The third-order valence-electron chi connectivity index (χ3n) is 6.38. The lowest BCUT2D eigenvalue weighted by Gasteiger charge is -2.21. The van der Waals surface area contributed by atoms with Gasteiger partial charge in [0.1, 0.15) is 18.7 Å². The van der Waals surface area contributed by atoms with Crippen LogP contribution in [0.4, 0.5) is 10.1 Å². The summed E-state index contributed by atoms with van der Waals surface area (Å²) in [4.78, 5) is 27.6. The number of benzene rings is 1. The molecule has 3 atom stereocenters. The van der Waals surface area contributed by atoms with Gasteiger partial charge < -0.3 is 9.42 Å². The SMILES string of the molecule is O=c1c2cccnc2ncn1Cc1nc(CC2[C@H]3CN(c4cccc(F)c4)C[C@@H]23)no1. The molecular formula is C22H19FN6O2. The molecule has 4 aromatic rings. The Balaban J connectivity index is 1.10. The topological polar surface area (TPSA) is 89.9 Å². The molecule has 1 aliphatic heterocycles. The number of aromatic nitrogens is 5. The second-order valence-electron chi connectivity index (χ2n) is 8.24. The molecule has 4 heterocycles. The molecule has 9 heteroatoms. The molecule has 156 valence electrons. The van der Waals surface area contributed by atoms with Crippen molar-refractivity contribution in [2.24, 2.45) is 17.8 Å². The predicted molar refractivity (Wildman–Crippen MR) is 110 cm³/mol. The smallest absolute Gasteiger partial charge is 0.263 e. The summed E-state index contributed by atoms with van der Waals surface area (Å²) in [6.07, 6.45) is 3.81. The quantitative estimate of drug-likeness (QED) is 0.491. The van der Waals surface area contributed by atoms with Crippen molar-refractivity contribution in [3.05, 3.63) is 76.8 Å². The Bertz CT molecular complexity index is 1320. The van der Waals surface area contributed by atoms with Gasteiger partial charge in [-0.25, -0.2) is 14.4 Å². The van der Waals surface area contributed by atoms with Crippen molar-refractivity contribution < 1.29 is 8.91 Å². The van der Waals surface area contributed by atoms with Crippen LogP contribution in [0.25, 0.3) is 11.0 Å². The highest BCUT2D eigenvalue weighted by atomic mass is 19.1. The van der Waals surface area contributed by atoms with Gasteiger partial charge >= 0.3 is 0 Å². The van der Waals surface area contributed by atoms with Crippen molar-refractivity contribution >= 4 is 16.7 Å². The predicted octanol–water partition coefficient (Wildman–Crippen LogP) is 2.29. The van der Waals surface area contributed by atoms with E-state index in [-0.39, 0.29) is 17.9 Å². The third-order valence-corrected chi connectivity index (χ3v) is 6.38. The van der Waals surface area contributed by atoms with Crippen molar-refractivity contribution in [2.45, 2.75) is 13.0 Å². The van der Waals surface area contributed by atoms with Gasteiger partial charge in [0.15, 0.2) is 11.5 Å². The fraction of sp³-hybridized carbons (Fsp3) is 0.318. The molecule has 0 bridgehead atoms. The van der Waals surface area contributed by atoms with E-state index >= 15 is 0 Å². The van der Waals surface area contributed by atoms with Crippen LogP contribution in [-0.2, 0) is 13.0 Å². The highest BCUT2D eigenvalue weighted by molar-refractivity contribution is 5.72. The number of hydrogen-bond donors (Lipinski definition) is 0. The maximum atomic E-state index is 13.5. The van der Waals surface area contributed by atoms with Gasteiger partial charge in [-0.1, -0.05) is 11.2 Å². The molecule has 0 spiro atoms. The van der Waals surface area contributed by atoms with Crippen molar-refractivity contribution in [3.8, 4) is 0 Å². The molecule has 8 nitrogen and oxygen atoms in total. The minimum atomic E-state index is -0.203. The molecule has 1 saturated heterocycles. The van der Waals surface area contributed by atoms with Crippen molar-refractivity contribution in [3.63, 3.8) is 0 Å². The van der Waals surface area contributed by atoms with E-state index in [1.165, 1.54) is 17.0 Å². The number of anilines is 1. The zero-order chi connectivity index (χ0) is 20.9. The molecular weight excluding hydrogens is 399 g/mol. The van der Waals surface area contributed by atoms with Gasteiger partial charge in [0.2, 0.25) is 5.89 Å². The van der Waals surface area contributed by atoms with E-state index in [0.717, 1.165) is 25.2 Å². The number of piperidine rings is 1. The highest BCUT2D eigenvalue weighted by Crippen LogP contribution is 2.53. The number of pyridine rings is 1.